The molecule has 136 valence electrons. The number of nitrogens with one attached hydrogen (secondary N) is 2. The Morgan fingerprint density at radius 1 is 1.35 bits per heavy atom. The van der Waals surface area contributed by atoms with Gasteiger partial charge in [0, 0.05) is 31.0 Å². The van der Waals surface area contributed by atoms with Crippen LogP contribution in [0, 0.1) is 0 Å². The van der Waals surface area contributed by atoms with E-state index < -0.39 is 5.60 Å². The standard InChI is InChI=1S/C17H34N2O3S/c1-16(2,3)22-15(20)18-11-6-8-14(12-21-4)19-13-17(23-5)9-7-10-17/h14,19H,6-13H2,1-5H3,(H,18,20). The zero-order chi connectivity index (χ0) is 17.3. The van der Waals surface area contributed by atoms with Crippen molar-refractivity contribution >= 4 is 17.9 Å². The van der Waals surface area contributed by atoms with E-state index in [0.29, 0.717) is 23.9 Å². The molecule has 0 aromatic rings. The first-order valence-electron chi connectivity index (χ1n) is 8.54. The van der Waals surface area contributed by atoms with Gasteiger partial charge in [0.05, 0.1) is 6.61 Å². The maximum atomic E-state index is 11.6. The number of hydrogen-bond donors (Lipinski definition) is 2. The number of rotatable bonds is 10. The van der Waals surface area contributed by atoms with Crippen LogP contribution in [0.1, 0.15) is 52.9 Å². The molecule has 0 saturated heterocycles. The van der Waals surface area contributed by atoms with Gasteiger partial charge in [-0.2, -0.15) is 11.8 Å². The molecule has 23 heavy (non-hydrogen) atoms. The van der Waals surface area contributed by atoms with Gasteiger partial charge in [0.25, 0.3) is 0 Å². The van der Waals surface area contributed by atoms with Gasteiger partial charge in [0.2, 0.25) is 0 Å². The predicted octanol–water partition coefficient (Wildman–Crippen LogP) is 3.18. The second-order valence-electron chi connectivity index (χ2n) is 7.34. The summed E-state index contributed by atoms with van der Waals surface area (Å²) in [6.07, 6.45) is 7.71. The van der Waals surface area contributed by atoms with Crippen LogP contribution in [0.2, 0.25) is 0 Å². The van der Waals surface area contributed by atoms with Crippen LogP contribution >= 0.6 is 11.8 Å². The summed E-state index contributed by atoms with van der Waals surface area (Å²) in [4.78, 5) is 11.6. The first-order valence-corrected chi connectivity index (χ1v) is 9.77. The Morgan fingerprint density at radius 3 is 2.52 bits per heavy atom. The number of methoxy groups -OCH3 is 1. The van der Waals surface area contributed by atoms with Gasteiger partial charge in [-0.25, -0.2) is 4.79 Å². The third-order valence-electron chi connectivity index (χ3n) is 4.18. The molecule has 0 aromatic heterocycles. The lowest BCUT2D eigenvalue weighted by Gasteiger charge is -2.41. The van der Waals surface area contributed by atoms with Gasteiger partial charge in [0.1, 0.15) is 5.60 Å². The monoisotopic (exact) mass is 346 g/mol. The SMILES string of the molecule is COCC(CCCNC(=O)OC(C)(C)C)NCC1(SC)CCC1. The Hall–Kier alpha value is -0.460. The highest BCUT2D eigenvalue weighted by Crippen LogP contribution is 2.42. The number of ether oxygens (including phenoxy) is 2. The molecular formula is C17H34N2O3S. The molecule has 2 N–H and O–H groups in total. The average molecular weight is 347 g/mol. The zero-order valence-corrected chi connectivity index (χ0v) is 16.2. The van der Waals surface area contributed by atoms with Gasteiger partial charge in [-0.1, -0.05) is 6.42 Å². The molecule has 1 rings (SSSR count). The molecule has 1 atom stereocenters. The van der Waals surface area contributed by atoms with E-state index >= 15 is 0 Å². The van der Waals surface area contributed by atoms with Crippen molar-refractivity contribution in [3.8, 4) is 0 Å². The van der Waals surface area contributed by atoms with Crippen molar-refractivity contribution in [2.24, 2.45) is 0 Å². The highest BCUT2D eigenvalue weighted by Gasteiger charge is 2.36. The molecule has 6 heteroatoms. The average Bonchev–Trinajstić information content (AvgIpc) is 2.40. The Morgan fingerprint density at radius 2 is 2.04 bits per heavy atom. The molecular weight excluding hydrogens is 312 g/mol. The van der Waals surface area contributed by atoms with Gasteiger partial charge in [-0.05, 0) is 52.7 Å². The number of hydrogen-bond acceptors (Lipinski definition) is 5. The normalized spacial score (nSPS) is 18.1. The third-order valence-corrected chi connectivity index (χ3v) is 5.59. The van der Waals surface area contributed by atoms with Crippen molar-refractivity contribution in [3.05, 3.63) is 0 Å². The molecule has 0 aliphatic heterocycles. The maximum absolute atomic E-state index is 11.6. The lowest BCUT2D eigenvalue weighted by molar-refractivity contribution is 0.0526. The zero-order valence-electron chi connectivity index (χ0n) is 15.4. The fourth-order valence-corrected chi connectivity index (χ4v) is 3.58. The minimum absolute atomic E-state index is 0.338. The highest BCUT2D eigenvalue weighted by atomic mass is 32.2. The smallest absolute Gasteiger partial charge is 0.407 e. The molecule has 1 unspecified atom stereocenters. The molecule has 1 fully saturated rings. The molecule has 0 radical (unpaired) electrons. The van der Waals surface area contributed by atoms with Crippen LogP contribution < -0.4 is 10.6 Å². The van der Waals surface area contributed by atoms with Gasteiger partial charge in [-0.3, -0.25) is 0 Å². The topological polar surface area (TPSA) is 59.6 Å². The molecule has 1 amide bonds. The second kappa shape index (κ2) is 9.74. The molecule has 0 spiro atoms. The van der Waals surface area contributed by atoms with E-state index in [4.69, 9.17) is 9.47 Å². The fraction of sp³-hybridized carbons (Fsp3) is 0.941. The molecule has 1 saturated carbocycles. The molecule has 0 aromatic carbocycles. The first kappa shape index (κ1) is 20.6. The van der Waals surface area contributed by atoms with Crippen molar-refractivity contribution in [1.29, 1.82) is 0 Å². The summed E-state index contributed by atoms with van der Waals surface area (Å²) in [5.41, 5.74) is -0.445. The van der Waals surface area contributed by atoms with Gasteiger partial charge in [0.15, 0.2) is 0 Å². The number of amides is 1. The molecule has 0 heterocycles. The minimum atomic E-state index is -0.445. The molecule has 0 bridgehead atoms. The third kappa shape index (κ3) is 8.27. The van der Waals surface area contributed by atoms with E-state index in [2.05, 4.69) is 16.9 Å². The lowest BCUT2D eigenvalue weighted by Crippen LogP contribution is -2.47. The van der Waals surface area contributed by atoms with Crippen LogP contribution in [0.3, 0.4) is 0 Å². The van der Waals surface area contributed by atoms with E-state index in [-0.39, 0.29) is 6.09 Å². The summed E-state index contributed by atoms with van der Waals surface area (Å²) in [6, 6.07) is 0.338. The van der Waals surface area contributed by atoms with Crippen LogP contribution in [-0.4, -0.2) is 55.5 Å². The van der Waals surface area contributed by atoms with Crippen LogP contribution in [0.25, 0.3) is 0 Å². The predicted molar refractivity (Wildman–Crippen MR) is 97.2 cm³/mol. The first-order chi connectivity index (χ1) is 10.8. The van der Waals surface area contributed by atoms with Gasteiger partial charge < -0.3 is 20.1 Å². The number of carbonyl (C=O) groups is 1. The minimum Gasteiger partial charge on any atom is -0.444 e. The summed E-state index contributed by atoms with van der Waals surface area (Å²) in [5, 5.41) is 6.46. The van der Waals surface area contributed by atoms with Crippen molar-refractivity contribution in [3.63, 3.8) is 0 Å². The Balaban J connectivity index is 2.21. The van der Waals surface area contributed by atoms with Gasteiger partial charge >= 0.3 is 6.09 Å². The van der Waals surface area contributed by atoms with Gasteiger partial charge in [-0.15, -0.1) is 0 Å². The Kier molecular flexibility index (Phi) is 8.72. The summed E-state index contributed by atoms with van der Waals surface area (Å²) >= 11 is 1.98. The van der Waals surface area contributed by atoms with Crippen molar-refractivity contribution < 1.29 is 14.3 Å². The number of thioether (sulfide) groups is 1. The highest BCUT2D eigenvalue weighted by molar-refractivity contribution is 8.00. The van der Waals surface area contributed by atoms with E-state index in [0.717, 1.165) is 19.4 Å². The van der Waals surface area contributed by atoms with Crippen LogP contribution in [0.5, 0.6) is 0 Å². The number of alkyl carbamates (subject to hydrolysis) is 1. The van der Waals surface area contributed by atoms with Crippen molar-refractivity contribution in [2.75, 3.05) is 33.1 Å². The van der Waals surface area contributed by atoms with Crippen molar-refractivity contribution in [2.45, 2.75) is 69.3 Å². The molecule has 1 aliphatic carbocycles. The summed E-state index contributed by atoms with van der Waals surface area (Å²) < 4.78 is 11.0. The lowest BCUT2D eigenvalue weighted by atomic mass is 9.84. The summed E-state index contributed by atoms with van der Waals surface area (Å²) in [5.74, 6) is 0. The van der Waals surface area contributed by atoms with Crippen LogP contribution in [0.15, 0.2) is 0 Å². The fourth-order valence-electron chi connectivity index (χ4n) is 2.65. The van der Waals surface area contributed by atoms with Crippen molar-refractivity contribution in [1.82, 2.24) is 10.6 Å². The Bertz CT molecular complexity index is 349. The van der Waals surface area contributed by atoms with Crippen LogP contribution in [0.4, 0.5) is 4.79 Å². The Labute approximate surface area is 145 Å². The van der Waals surface area contributed by atoms with E-state index in [1.807, 2.05) is 32.5 Å². The number of carbonyl (C=O) groups excluding carboxylic acids is 1. The quantitative estimate of drug-likeness (QED) is 0.595. The van der Waals surface area contributed by atoms with E-state index in [1.165, 1.54) is 19.3 Å². The summed E-state index contributed by atoms with van der Waals surface area (Å²) in [7, 11) is 1.74. The largest absolute Gasteiger partial charge is 0.444 e. The molecule has 1 aliphatic rings. The second-order valence-corrected chi connectivity index (χ2v) is 8.62. The van der Waals surface area contributed by atoms with Crippen LogP contribution in [-0.2, 0) is 9.47 Å². The maximum Gasteiger partial charge on any atom is 0.407 e. The van der Waals surface area contributed by atoms with E-state index in [1.54, 1.807) is 7.11 Å². The molecule has 5 nitrogen and oxygen atoms in total. The van der Waals surface area contributed by atoms with E-state index in [9.17, 15) is 4.79 Å². The summed E-state index contributed by atoms with van der Waals surface area (Å²) in [6.45, 7) is 7.98.